The topological polar surface area (TPSA) is 46.2 Å². The summed E-state index contributed by atoms with van der Waals surface area (Å²) in [5, 5.41) is 0.344. The van der Waals surface area contributed by atoms with Crippen molar-refractivity contribution in [3.05, 3.63) is 50.5 Å². The van der Waals surface area contributed by atoms with Gasteiger partial charge in [-0.15, -0.1) is 11.3 Å². The zero-order chi connectivity index (χ0) is 14.0. The summed E-state index contributed by atoms with van der Waals surface area (Å²) in [6, 6.07) is 7.11. The van der Waals surface area contributed by atoms with Gasteiger partial charge < -0.3 is 0 Å². The second kappa shape index (κ2) is 5.88. The van der Waals surface area contributed by atoms with Gasteiger partial charge in [0.1, 0.15) is 10.0 Å². The first-order valence-electron chi connectivity index (χ1n) is 5.07. The first-order chi connectivity index (χ1) is 8.88. The Labute approximate surface area is 127 Å². The fraction of sp³-hybridized carbons (Fsp3) is 0.0909. The van der Waals surface area contributed by atoms with Crippen LogP contribution in [0.5, 0.6) is 0 Å². The molecule has 0 saturated heterocycles. The van der Waals surface area contributed by atoms with Crippen molar-refractivity contribution in [3.8, 4) is 0 Å². The van der Waals surface area contributed by atoms with E-state index >= 15 is 0 Å². The fourth-order valence-corrected chi connectivity index (χ4v) is 4.82. The maximum absolute atomic E-state index is 13.0. The number of halogens is 3. The van der Waals surface area contributed by atoms with E-state index in [1.54, 1.807) is 6.07 Å². The van der Waals surface area contributed by atoms with Crippen LogP contribution in [-0.2, 0) is 16.6 Å². The van der Waals surface area contributed by atoms with Crippen LogP contribution in [0.3, 0.4) is 0 Å². The largest absolute Gasteiger partial charge is 0.250 e. The van der Waals surface area contributed by atoms with Crippen LogP contribution < -0.4 is 4.72 Å². The molecule has 0 aliphatic rings. The van der Waals surface area contributed by atoms with Crippen molar-refractivity contribution in [2.75, 3.05) is 0 Å². The molecule has 1 aromatic carbocycles. The van der Waals surface area contributed by atoms with Crippen LogP contribution in [-0.4, -0.2) is 8.42 Å². The minimum Gasteiger partial charge on any atom is -0.207 e. The monoisotopic (exact) mass is 383 g/mol. The molecule has 0 amide bonds. The van der Waals surface area contributed by atoms with E-state index in [2.05, 4.69) is 20.7 Å². The Bertz CT molecular complexity index is 683. The molecule has 0 bridgehead atoms. The number of hydrogen-bond acceptors (Lipinski definition) is 3. The minimum absolute atomic E-state index is 0.0211. The molecule has 8 heteroatoms. The molecule has 19 heavy (non-hydrogen) atoms. The standard InChI is InChI=1S/C11H8BrClFNO2S2/c12-11-9(13)5-10(18-11)19(16,17)15-6-7-2-1-3-8(14)4-7/h1-5,15H,6H2. The van der Waals surface area contributed by atoms with Crippen LogP contribution in [0.25, 0.3) is 0 Å². The average molecular weight is 385 g/mol. The zero-order valence-electron chi connectivity index (χ0n) is 9.36. The minimum atomic E-state index is -3.64. The molecule has 0 aliphatic carbocycles. The van der Waals surface area contributed by atoms with Crippen molar-refractivity contribution in [2.24, 2.45) is 0 Å². The number of benzene rings is 1. The van der Waals surface area contributed by atoms with Crippen LogP contribution in [0, 0.1) is 5.82 Å². The zero-order valence-corrected chi connectivity index (χ0v) is 13.3. The summed E-state index contributed by atoms with van der Waals surface area (Å²) in [5.41, 5.74) is 0.547. The van der Waals surface area contributed by atoms with Gasteiger partial charge in [-0.1, -0.05) is 23.7 Å². The first kappa shape index (κ1) is 14.9. The van der Waals surface area contributed by atoms with E-state index in [0.717, 1.165) is 11.3 Å². The van der Waals surface area contributed by atoms with Crippen LogP contribution in [0.4, 0.5) is 4.39 Å². The van der Waals surface area contributed by atoms with Gasteiger partial charge in [-0.3, -0.25) is 0 Å². The molecule has 2 rings (SSSR count). The Morgan fingerprint density at radius 1 is 1.37 bits per heavy atom. The number of hydrogen-bond donors (Lipinski definition) is 1. The number of nitrogens with one attached hydrogen (secondary N) is 1. The lowest BCUT2D eigenvalue weighted by Gasteiger charge is -2.04. The molecule has 0 atom stereocenters. The van der Waals surface area contributed by atoms with Crippen LogP contribution in [0.1, 0.15) is 5.56 Å². The molecule has 0 unspecified atom stereocenters. The molecule has 0 spiro atoms. The van der Waals surface area contributed by atoms with E-state index < -0.39 is 15.8 Å². The van der Waals surface area contributed by atoms with Gasteiger partial charge in [0.05, 0.1) is 8.81 Å². The second-order valence-corrected chi connectivity index (χ2v) is 8.41. The van der Waals surface area contributed by atoms with Crippen molar-refractivity contribution < 1.29 is 12.8 Å². The van der Waals surface area contributed by atoms with E-state index in [0.29, 0.717) is 14.4 Å². The lowest BCUT2D eigenvalue weighted by Crippen LogP contribution is -2.22. The fourth-order valence-electron chi connectivity index (χ4n) is 1.36. The van der Waals surface area contributed by atoms with Crippen molar-refractivity contribution in [1.29, 1.82) is 0 Å². The number of sulfonamides is 1. The SMILES string of the molecule is O=S(=O)(NCc1cccc(F)c1)c1cc(Cl)c(Br)s1. The maximum Gasteiger partial charge on any atom is 0.250 e. The summed E-state index contributed by atoms with van der Waals surface area (Å²) >= 11 is 9.97. The van der Waals surface area contributed by atoms with Crippen LogP contribution in [0.2, 0.25) is 5.02 Å². The van der Waals surface area contributed by atoms with Gasteiger partial charge >= 0.3 is 0 Å². The normalized spacial score (nSPS) is 11.7. The van der Waals surface area contributed by atoms with E-state index in [4.69, 9.17) is 11.6 Å². The summed E-state index contributed by atoms with van der Waals surface area (Å²) in [4.78, 5) is 0. The van der Waals surface area contributed by atoms with Gasteiger partial charge in [-0.25, -0.2) is 17.5 Å². The second-order valence-electron chi connectivity index (χ2n) is 3.64. The number of thiophene rings is 1. The highest BCUT2D eigenvalue weighted by Gasteiger charge is 2.18. The third kappa shape index (κ3) is 3.76. The van der Waals surface area contributed by atoms with Gasteiger partial charge in [-0.05, 0) is 39.7 Å². The van der Waals surface area contributed by atoms with Crippen molar-refractivity contribution in [2.45, 2.75) is 10.8 Å². The summed E-state index contributed by atoms with van der Waals surface area (Å²) in [6.45, 7) is 0.0211. The lowest BCUT2D eigenvalue weighted by atomic mass is 10.2. The molecule has 1 heterocycles. The Morgan fingerprint density at radius 2 is 2.11 bits per heavy atom. The third-order valence-electron chi connectivity index (χ3n) is 2.24. The third-order valence-corrected chi connectivity index (χ3v) is 6.59. The molecule has 102 valence electrons. The molecule has 1 aromatic heterocycles. The van der Waals surface area contributed by atoms with Gasteiger partial charge in [0.15, 0.2) is 0 Å². The van der Waals surface area contributed by atoms with Gasteiger partial charge in [0, 0.05) is 6.54 Å². The first-order valence-corrected chi connectivity index (χ1v) is 8.54. The van der Waals surface area contributed by atoms with Crippen LogP contribution >= 0.6 is 38.9 Å². The van der Waals surface area contributed by atoms with Crippen molar-refractivity contribution in [3.63, 3.8) is 0 Å². The summed E-state index contributed by atoms with van der Waals surface area (Å²) in [7, 11) is -3.64. The smallest absolute Gasteiger partial charge is 0.207 e. The van der Waals surface area contributed by atoms with E-state index in [9.17, 15) is 12.8 Å². The molecule has 0 radical (unpaired) electrons. The van der Waals surface area contributed by atoms with Crippen LogP contribution in [0.15, 0.2) is 38.3 Å². The molecule has 2 aromatic rings. The Hall–Kier alpha value is -0.470. The summed E-state index contributed by atoms with van der Waals surface area (Å²) < 4.78 is 40.0. The highest BCUT2D eigenvalue weighted by atomic mass is 79.9. The number of rotatable bonds is 4. The predicted octanol–water partition coefficient (Wildman–Crippen LogP) is 3.78. The quantitative estimate of drug-likeness (QED) is 0.872. The average Bonchev–Trinajstić information content (AvgIpc) is 2.68. The highest BCUT2D eigenvalue weighted by molar-refractivity contribution is 9.11. The Kier molecular flexibility index (Phi) is 4.62. The molecule has 0 fully saturated rings. The maximum atomic E-state index is 13.0. The molecule has 3 nitrogen and oxygen atoms in total. The van der Waals surface area contributed by atoms with Gasteiger partial charge in [0.25, 0.3) is 0 Å². The van der Waals surface area contributed by atoms with Crippen molar-refractivity contribution >= 4 is 48.9 Å². The predicted molar refractivity (Wildman–Crippen MR) is 77.5 cm³/mol. The van der Waals surface area contributed by atoms with Crippen molar-refractivity contribution in [1.82, 2.24) is 4.72 Å². The lowest BCUT2D eigenvalue weighted by molar-refractivity contribution is 0.582. The van der Waals surface area contributed by atoms with E-state index in [1.807, 2.05) is 0 Å². The van der Waals surface area contributed by atoms with E-state index in [-0.39, 0.29) is 10.8 Å². The van der Waals surface area contributed by atoms with E-state index in [1.165, 1.54) is 24.3 Å². The summed E-state index contributed by atoms with van der Waals surface area (Å²) in [5.74, 6) is -0.404. The van der Waals surface area contributed by atoms with Gasteiger partial charge in [0.2, 0.25) is 10.0 Å². The molecule has 0 saturated carbocycles. The molecule has 1 N–H and O–H groups in total. The Morgan fingerprint density at radius 3 is 2.68 bits per heavy atom. The molecule has 0 aliphatic heterocycles. The molecular formula is C11H8BrClFNO2S2. The highest BCUT2D eigenvalue weighted by Crippen LogP contribution is 2.34. The van der Waals surface area contributed by atoms with Gasteiger partial charge in [-0.2, -0.15) is 0 Å². The molecular weight excluding hydrogens is 377 g/mol. The Balaban J connectivity index is 2.14. The summed E-state index contributed by atoms with van der Waals surface area (Å²) in [6.07, 6.45) is 0.